The summed E-state index contributed by atoms with van der Waals surface area (Å²) in [4.78, 5) is 14.2. The molecule has 1 N–H and O–H groups in total. The van der Waals surface area contributed by atoms with E-state index >= 15 is 0 Å². The van der Waals surface area contributed by atoms with Gasteiger partial charge in [0.15, 0.2) is 5.84 Å². The SMILES string of the molecule is O=C1N=NC(CC2COCCN2)=N1. The predicted molar refractivity (Wildman–Crippen MR) is 44.9 cm³/mol. The van der Waals surface area contributed by atoms with E-state index in [0.717, 1.165) is 13.2 Å². The third-order valence-corrected chi connectivity index (χ3v) is 1.90. The molecule has 0 aromatic carbocycles. The van der Waals surface area contributed by atoms with Crippen molar-refractivity contribution >= 4 is 11.9 Å². The average molecular weight is 182 g/mol. The van der Waals surface area contributed by atoms with Crippen LogP contribution in [0.15, 0.2) is 15.2 Å². The molecular weight excluding hydrogens is 172 g/mol. The first-order valence-corrected chi connectivity index (χ1v) is 4.19. The number of morpholine rings is 1. The molecule has 1 unspecified atom stereocenters. The Hall–Kier alpha value is -1.14. The molecule has 0 aromatic heterocycles. The lowest BCUT2D eigenvalue weighted by Crippen LogP contribution is -2.42. The second-order valence-electron chi connectivity index (χ2n) is 2.94. The molecular formula is C7H10N4O2. The van der Waals surface area contributed by atoms with Gasteiger partial charge in [-0.3, -0.25) is 0 Å². The zero-order valence-corrected chi connectivity index (χ0v) is 7.06. The van der Waals surface area contributed by atoms with Crippen LogP contribution in [0.3, 0.4) is 0 Å². The summed E-state index contributed by atoms with van der Waals surface area (Å²) in [5, 5.41) is 10.2. The van der Waals surface area contributed by atoms with Gasteiger partial charge in [0.25, 0.3) is 0 Å². The number of amides is 2. The van der Waals surface area contributed by atoms with E-state index in [1.54, 1.807) is 0 Å². The second-order valence-corrected chi connectivity index (χ2v) is 2.94. The van der Waals surface area contributed by atoms with Crippen LogP contribution < -0.4 is 5.32 Å². The van der Waals surface area contributed by atoms with Crippen molar-refractivity contribution < 1.29 is 9.53 Å². The Morgan fingerprint density at radius 1 is 1.54 bits per heavy atom. The van der Waals surface area contributed by atoms with Gasteiger partial charge in [0, 0.05) is 19.0 Å². The number of azo groups is 1. The Morgan fingerprint density at radius 3 is 3.08 bits per heavy atom. The van der Waals surface area contributed by atoms with Gasteiger partial charge in [0.2, 0.25) is 0 Å². The van der Waals surface area contributed by atoms with Crippen molar-refractivity contribution in [3.63, 3.8) is 0 Å². The molecule has 6 heteroatoms. The van der Waals surface area contributed by atoms with E-state index in [4.69, 9.17) is 4.74 Å². The number of carbonyl (C=O) groups is 1. The van der Waals surface area contributed by atoms with Gasteiger partial charge in [-0.15, -0.1) is 5.11 Å². The number of nitrogens with one attached hydrogen (secondary N) is 1. The lowest BCUT2D eigenvalue weighted by molar-refractivity contribution is 0.0790. The van der Waals surface area contributed by atoms with Gasteiger partial charge in [-0.05, 0) is 0 Å². The number of ether oxygens (including phenoxy) is 1. The quantitative estimate of drug-likeness (QED) is 0.669. The highest BCUT2D eigenvalue weighted by Gasteiger charge is 2.18. The van der Waals surface area contributed by atoms with Crippen molar-refractivity contribution in [3.8, 4) is 0 Å². The number of hydrogen-bond acceptors (Lipinski definition) is 4. The normalized spacial score (nSPS) is 27.8. The molecule has 2 rings (SSSR count). The minimum Gasteiger partial charge on any atom is -0.379 e. The molecule has 0 aromatic rings. The van der Waals surface area contributed by atoms with Crippen LogP contribution in [0, 0.1) is 0 Å². The summed E-state index contributed by atoms with van der Waals surface area (Å²) in [6, 6.07) is -0.302. The van der Waals surface area contributed by atoms with Crippen LogP contribution in [0.1, 0.15) is 6.42 Å². The van der Waals surface area contributed by atoms with Gasteiger partial charge < -0.3 is 10.1 Å². The first-order valence-electron chi connectivity index (χ1n) is 4.19. The lowest BCUT2D eigenvalue weighted by Gasteiger charge is -2.22. The zero-order valence-electron chi connectivity index (χ0n) is 7.06. The fourth-order valence-electron chi connectivity index (χ4n) is 1.31. The zero-order chi connectivity index (χ0) is 9.10. The minimum absolute atomic E-state index is 0.206. The molecule has 6 nitrogen and oxygen atoms in total. The molecule has 2 amide bonds. The number of hydrogen-bond donors (Lipinski definition) is 1. The molecule has 0 saturated carbocycles. The van der Waals surface area contributed by atoms with Gasteiger partial charge in [-0.25, -0.2) is 4.79 Å². The third kappa shape index (κ3) is 2.16. The van der Waals surface area contributed by atoms with Crippen LogP contribution in [0.2, 0.25) is 0 Å². The fraction of sp³-hybridized carbons (Fsp3) is 0.714. The van der Waals surface area contributed by atoms with Gasteiger partial charge in [-0.1, -0.05) is 5.11 Å². The van der Waals surface area contributed by atoms with E-state index in [2.05, 4.69) is 20.5 Å². The largest absolute Gasteiger partial charge is 0.387 e. The van der Waals surface area contributed by atoms with E-state index in [9.17, 15) is 4.79 Å². The molecule has 2 aliphatic rings. The van der Waals surface area contributed by atoms with E-state index in [0.29, 0.717) is 18.9 Å². The van der Waals surface area contributed by atoms with Crippen molar-refractivity contribution in [1.82, 2.24) is 5.32 Å². The van der Waals surface area contributed by atoms with Gasteiger partial charge in [-0.2, -0.15) is 4.99 Å². The number of aliphatic imine (C=N–C) groups is 1. The Balaban J connectivity index is 1.87. The fourth-order valence-corrected chi connectivity index (χ4v) is 1.31. The van der Waals surface area contributed by atoms with Crippen molar-refractivity contribution in [2.75, 3.05) is 19.8 Å². The molecule has 1 atom stereocenters. The Labute approximate surface area is 75.1 Å². The van der Waals surface area contributed by atoms with Crippen LogP contribution in [0.25, 0.3) is 0 Å². The number of rotatable bonds is 2. The summed E-state index contributed by atoms with van der Waals surface area (Å²) in [7, 11) is 0. The van der Waals surface area contributed by atoms with E-state index in [1.165, 1.54) is 0 Å². The minimum atomic E-state index is -0.508. The highest BCUT2D eigenvalue weighted by molar-refractivity contribution is 5.98. The average Bonchev–Trinajstić information content (AvgIpc) is 2.53. The molecule has 2 heterocycles. The number of nitrogens with zero attached hydrogens (tertiary/aromatic N) is 3. The highest BCUT2D eigenvalue weighted by atomic mass is 16.5. The van der Waals surface area contributed by atoms with Crippen molar-refractivity contribution in [2.45, 2.75) is 12.5 Å². The smallest absolute Gasteiger partial charge is 0.379 e. The summed E-state index contributed by atoms with van der Waals surface area (Å²) in [5.74, 6) is 0.494. The summed E-state index contributed by atoms with van der Waals surface area (Å²) in [5.41, 5.74) is 0. The van der Waals surface area contributed by atoms with Crippen LogP contribution in [0.4, 0.5) is 4.79 Å². The van der Waals surface area contributed by atoms with Crippen LogP contribution in [-0.2, 0) is 4.74 Å². The summed E-state index contributed by atoms with van der Waals surface area (Å²) < 4.78 is 5.24. The molecule has 1 saturated heterocycles. The lowest BCUT2D eigenvalue weighted by atomic mass is 10.2. The van der Waals surface area contributed by atoms with E-state index in [1.807, 2.05) is 0 Å². The van der Waals surface area contributed by atoms with E-state index in [-0.39, 0.29) is 6.04 Å². The maximum atomic E-state index is 10.6. The standard InChI is InChI=1S/C7H10N4O2/c12-7-9-6(10-11-7)3-5-4-13-2-1-8-5/h5,8H,1-4H2. The Morgan fingerprint density at radius 2 is 2.46 bits per heavy atom. The van der Waals surface area contributed by atoms with Crippen LogP contribution in [-0.4, -0.2) is 37.7 Å². The van der Waals surface area contributed by atoms with Crippen molar-refractivity contribution in [1.29, 1.82) is 0 Å². The molecule has 0 spiro atoms. The number of amidine groups is 1. The second kappa shape index (κ2) is 3.71. The van der Waals surface area contributed by atoms with Crippen molar-refractivity contribution in [3.05, 3.63) is 0 Å². The van der Waals surface area contributed by atoms with Crippen molar-refractivity contribution in [2.24, 2.45) is 15.2 Å². The van der Waals surface area contributed by atoms with Crippen LogP contribution >= 0.6 is 0 Å². The van der Waals surface area contributed by atoms with Gasteiger partial charge in [0.1, 0.15) is 0 Å². The third-order valence-electron chi connectivity index (χ3n) is 1.90. The first-order chi connectivity index (χ1) is 6.34. The number of urea groups is 1. The molecule has 13 heavy (non-hydrogen) atoms. The topological polar surface area (TPSA) is 75.4 Å². The molecule has 70 valence electrons. The molecule has 0 radical (unpaired) electrons. The first kappa shape index (κ1) is 8.46. The highest BCUT2D eigenvalue weighted by Crippen LogP contribution is 2.06. The molecule has 0 aliphatic carbocycles. The predicted octanol–water partition coefficient (Wildman–Crippen LogP) is 0.349. The summed E-state index contributed by atoms with van der Waals surface area (Å²) in [6.07, 6.45) is 0.606. The maximum absolute atomic E-state index is 10.6. The van der Waals surface area contributed by atoms with Gasteiger partial charge >= 0.3 is 6.03 Å². The molecule has 1 fully saturated rings. The molecule has 2 aliphatic heterocycles. The van der Waals surface area contributed by atoms with Gasteiger partial charge in [0.05, 0.1) is 13.2 Å². The summed E-state index contributed by atoms with van der Waals surface area (Å²) in [6.45, 7) is 2.22. The van der Waals surface area contributed by atoms with E-state index < -0.39 is 6.03 Å². The summed E-state index contributed by atoms with van der Waals surface area (Å²) >= 11 is 0. The van der Waals surface area contributed by atoms with Crippen LogP contribution in [0.5, 0.6) is 0 Å². The Kier molecular flexibility index (Phi) is 2.42. The maximum Gasteiger partial charge on any atom is 0.387 e. The number of carbonyl (C=O) groups excluding carboxylic acids is 1. The molecule has 0 bridgehead atoms. The monoisotopic (exact) mass is 182 g/mol. The Bertz CT molecular complexity index is 268.